The van der Waals surface area contributed by atoms with E-state index in [1.165, 1.54) is 0 Å². The minimum atomic E-state index is -0.865. The Labute approximate surface area is 193 Å². The minimum absolute atomic E-state index is 0.00402. The molecule has 2 amide bonds. The average molecular weight is 462 g/mol. The van der Waals surface area contributed by atoms with Crippen LogP contribution >= 0.6 is 23.1 Å². The van der Waals surface area contributed by atoms with E-state index >= 15 is 0 Å². The van der Waals surface area contributed by atoms with E-state index in [9.17, 15) is 9.59 Å². The summed E-state index contributed by atoms with van der Waals surface area (Å²) in [5.74, 6) is 2.90. The summed E-state index contributed by atoms with van der Waals surface area (Å²) in [5.41, 5.74) is 0.924. The van der Waals surface area contributed by atoms with Gasteiger partial charge in [0.05, 0.1) is 16.8 Å². The van der Waals surface area contributed by atoms with Gasteiger partial charge in [0, 0.05) is 12.6 Å². The van der Waals surface area contributed by atoms with E-state index in [0.717, 1.165) is 71.9 Å². The van der Waals surface area contributed by atoms with Gasteiger partial charge in [0.2, 0.25) is 5.91 Å². The Morgan fingerprint density at radius 3 is 2.81 bits per heavy atom. The maximum Gasteiger partial charge on any atom is 0.271 e. The molecule has 170 valence electrons. The van der Waals surface area contributed by atoms with Crippen LogP contribution in [-0.4, -0.2) is 50.9 Å². The topological polar surface area (TPSA) is 54.3 Å². The number of nitrogens with zero attached hydrogens (tertiary/aromatic N) is 2. The second-order valence-corrected chi connectivity index (χ2v) is 11.6. The van der Waals surface area contributed by atoms with Gasteiger partial charge in [-0.25, -0.2) is 0 Å². The van der Waals surface area contributed by atoms with Crippen molar-refractivity contribution in [2.45, 2.75) is 77.4 Å². The summed E-state index contributed by atoms with van der Waals surface area (Å²) in [6.45, 7) is 7.59. The lowest BCUT2D eigenvalue weighted by atomic mass is 9.86. The van der Waals surface area contributed by atoms with E-state index in [1.54, 1.807) is 11.3 Å². The van der Waals surface area contributed by atoms with Crippen LogP contribution in [0.4, 0.5) is 0 Å². The molecule has 2 aromatic heterocycles. The number of carbonyl (C=O) groups is 2. The number of fused-ring (bicyclic) bond motifs is 3. The van der Waals surface area contributed by atoms with Gasteiger partial charge in [-0.3, -0.25) is 9.59 Å². The molecule has 0 spiro atoms. The molecule has 1 atom stereocenters. The summed E-state index contributed by atoms with van der Waals surface area (Å²) in [4.78, 5) is 29.1. The number of aromatic nitrogens is 1. The van der Waals surface area contributed by atoms with Crippen LogP contribution in [0.5, 0.6) is 0 Å². The normalized spacial score (nSPS) is 26.3. The number of rotatable bonds is 8. The van der Waals surface area contributed by atoms with Crippen LogP contribution in [0.3, 0.4) is 0 Å². The van der Waals surface area contributed by atoms with Crippen molar-refractivity contribution in [3.8, 4) is 0 Å². The van der Waals surface area contributed by atoms with Crippen LogP contribution in [-0.2, 0) is 11.3 Å². The van der Waals surface area contributed by atoms with Crippen LogP contribution in [0.15, 0.2) is 17.5 Å². The molecule has 0 unspecified atom stereocenters. The molecule has 31 heavy (non-hydrogen) atoms. The summed E-state index contributed by atoms with van der Waals surface area (Å²) < 4.78 is 3.19. The molecular formula is C24H35N3O2S2. The van der Waals surface area contributed by atoms with Gasteiger partial charge in [-0.2, -0.15) is 11.8 Å². The summed E-state index contributed by atoms with van der Waals surface area (Å²) in [5, 5.41) is 5.38. The highest BCUT2D eigenvalue weighted by molar-refractivity contribution is 7.99. The standard InChI is InChI=1S/C24H35N3O2S2/c1-4-12-30-13-5-11-27-22(28)20-15-21-19(10-14-31-21)26(20)16-24(27,3)23(29)25-18-8-6-17(2)7-9-18/h10,14-15,17-18H,4-9,11-13,16H2,1-3H3,(H,25,29)/t17?,18?,24-/m1/s1. The molecule has 1 fully saturated rings. The fraction of sp³-hybridized carbons (Fsp3) is 0.667. The first-order chi connectivity index (χ1) is 14.9. The van der Waals surface area contributed by atoms with Crippen LogP contribution in [0.2, 0.25) is 0 Å². The summed E-state index contributed by atoms with van der Waals surface area (Å²) in [7, 11) is 0. The fourth-order valence-electron chi connectivity index (χ4n) is 4.94. The molecule has 0 radical (unpaired) electrons. The maximum atomic E-state index is 13.6. The molecule has 2 aromatic rings. The van der Waals surface area contributed by atoms with Crippen LogP contribution in [0.25, 0.3) is 10.2 Å². The van der Waals surface area contributed by atoms with Crippen molar-refractivity contribution in [3.63, 3.8) is 0 Å². The van der Waals surface area contributed by atoms with E-state index in [4.69, 9.17) is 0 Å². The molecule has 5 nitrogen and oxygen atoms in total. The van der Waals surface area contributed by atoms with Gasteiger partial charge in [0.25, 0.3) is 5.91 Å². The lowest BCUT2D eigenvalue weighted by Gasteiger charge is -2.45. The SMILES string of the molecule is CCCSCCCN1C(=O)c2cc3sccc3n2C[C@]1(C)C(=O)NC1CCC(C)CC1. The number of nitrogens with one attached hydrogen (secondary N) is 1. The van der Waals surface area contributed by atoms with Crippen molar-refractivity contribution >= 4 is 45.1 Å². The molecule has 4 rings (SSSR count). The van der Waals surface area contributed by atoms with E-state index in [-0.39, 0.29) is 17.9 Å². The molecule has 0 saturated heterocycles. The predicted octanol–water partition coefficient (Wildman–Crippen LogP) is 5.15. The summed E-state index contributed by atoms with van der Waals surface area (Å²) >= 11 is 3.58. The summed E-state index contributed by atoms with van der Waals surface area (Å²) in [6, 6.07) is 4.29. The average Bonchev–Trinajstić information content (AvgIpc) is 3.34. The number of thioether (sulfide) groups is 1. The Bertz CT molecular complexity index is 929. The van der Waals surface area contributed by atoms with Gasteiger partial charge in [-0.15, -0.1) is 11.3 Å². The van der Waals surface area contributed by atoms with Crippen LogP contribution < -0.4 is 5.32 Å². The van der Waals surface area contributed by atoms with Crippen molar-refractivity contribution in [1.29, 1.82) is 0 Å². The lowest BCUT2D eigenvalue weighted by molar-refractivity contribution is -0.133. The van der Waals surface area contributed by atoms with Gasteiger partial charge in [0.15, 0.2) is 0 Å². The molecule has 3 heterocycles. The third-order valence-electron chi connectivity index (χ3n) is 6.91. The highest BCUT2D eigenvalue weighted by Gasteiger charge is 2.48. The third kappa shape index (κ3) is 4.54. The molecule has 1 aliphatic heterocycles. The van der Waals surface area contributed by atoms with Gasteiger partial charge < -0.3 is 14.8 Å². The molecule has 2 aliphatic rings. The first kappa shape index (κ1) is 22.7. The number of hydrogen-bond acceptors (Lipinski definition) is 4. The van der Waals surface area contributed by atoms with Crippen molar-refractivity contribution in [1.82, 2.24) is 14.8 Å². The third-order valence-corrected chi connectivity index (χ3v) is 9.04. The molecule has 1 N–H and O–H groups in total. The van der Waals surface area contributed by atoms with E-state index in [1.807, 2.05) is 29.7 Å². The van der Waals surface area contributed by atoms with E-state index in [2.05, 4.69) is 35.2 Å². The van der Waals surface area contributed by atoms with Crippen molar-refractivity contribution < 1.29 is 9.59 Å². The van der Waals surface area contributed by atoms with Crippen LogP contribution in [0.1, 0.15) is 69.8 Å². The van der Waals surface area contributed by atoms with Crippen LogP contribution in [0, 0.1) is 5.92 Å². The minimum Gasteiger partial charge on any atom is -0.351 e. The predicted molar refractivity (Wildman–Crippen MR) is 131 cm³/mol. The molecule has 1 aliphatic carbocycles. The number of carbonyl (C=O) groups excluding carboxylic acids is 2. The van der Waals surface area contributed by atoms with Crippen molar-refractivity contribution in [2.24, 2.45) is 5.92 Å². The largest absolute Gasteiger partial charge is 0.351 e. The highest BCUT2D eigenvalue weighted by atomic mass is 32.2. The van der Waals surface area contributed by atoms with Gasteiger partial charge in [-0.1, -0.05) is 13.8 Å². The zero-order valence-electron chi connectivity index (χ0n) is 19.0. The monoisotopic (exact) mass is 461 g/mol. The Morgan fingerprint density at radius 1 is 1.29 bits per heavy atom. The van der Waals surface area contributed by atoms with E-state index in [0.29, 0.717) is 13.1 Å². The van der Waals surface area contributed by atoms with Gasteiger partial charge >= 0.3 is 0 Å². The quantitative estimate of drug-likeness (QED) is 0.554. The zero-order chi connectivity index (χ0) is 22.0. The smallest absolute Gasteiger partial charge is 0.271 e. The number of hydrogen-bond donors (Lipinski definition) is 1. The summed E-state index contributed by atoms with van der Waals surface area (Å²) in [6.07, 6.45) is 6.47. The Kier molecular flexibility index (Phi) is 7.01. The number of amides is 2. The molecule has 7 heteroatoms. The first-order valence-electron chi connectivity index (χ1n) is 11.7. The molecule has 0 aromatic carbocycles. The second-order valence-electron chi connectivity index (χ2n) is 9.41. The Balaban J connectivity index is 1.57. The van der Waals surface area contributed by atoms with Crippen molar-refractivity contribution in [2.75, 3.05) is 18.1 Å². The molecule has 0 bridgehead atoms. The van der Waals surface area contributed by atoms with Gasteiger partial charge in [0.1, 0.15) is 11.2 Å². The Morgan fingerprint density at radius 2 is 2.06 bits per heavy atom. The highest BCUT2D eigenvalue weighted by Crippen LogP contribution is 2.35. The fourth-order valence-corrected chi connectivity index (χ4v) is 6.59. The Hall–Kier alpha value is -1.47. The molecule has 1 saturated carbocycles. The van der Waals surface area contributed by atoms with E-state index < -0.39 is 5.54 Å². The lowest BCUT2D eigenvalue weighted by Crippen LogP contribution is -2.65. The second kappa shape index (κ2) is 9.57. The maximum absolute atomic E-state index is 13.6. The van der Waals surface area contributed by atoms with Gasteiger partial charge in [-0.05, 0) is 80.4 Å². The van der Waals surface area contributed by atoms with Crippen molar-refractivity contribution in [3.05, 3.63) is 23.2 Å². The molecular weight excluding hydrogens is 426 g/mol. The number of thiophene rings is 1. The first-order valence-corrected chi connectivity index (χ1v) is 13.7. The zero-order valence-corrected chi connectivity index (χ0v) is 20.6.